The molecule has 0 aliphatic heterocycles. The summed E-state index contributed by atoms with van der Waals surface area (Å²) in [4.78, 5) is 2.34. The Labute approximate surface area is 155 Å². The van der Waals surface area contributed by atoms with Crippen molar-refractivity contribution in [3.8, 4) is 0 Å². The molecule has 128 valence electrons. The van der Waals surface area contributed by atoms with Gasteiger partial charge >= 0.3 is 0 Å². The van der Waals surface area contributed by atoms with E-state index in [9.17, 15) is 0 Å². The summed E-state index contributed by atoms with van der Waals surface area (Å²) in [6.07, 6.45) is 0. The molecule has 0 aromatic heterocycles. The van der Waals surface area contributed by atoms with Crippen LogP contribution < -0.4 is 4.90 Å². The molecular formula is C25H23N. The molecule has 4 aromatic rings. The summed E-state index contributed by atoms with van der Waals surface area (Å²) in [6, 6.07) is 34.6. The Kier molecular flexibility index (Phi) is 4.45. The Hall–Kier alpha value is -3.06. The lowest BCUT2D eigenvalue weighted by atomic mass is 10.0. The number of rotatable bonds is 4. The minimum absolute atomic E-state index is 0.534. The molecule has 0 heterocycles. The Morgan fingerprint density at radius 3 is 1.92 bits per heavy atom. The van der Waals surface area contributed by atoms with Crippen molar-refractivity contribution in [3.63, 3.8) is 0 Å². The van der Waals surface area contributed by atoms with E-state index in [1.54, 1.807) is 0 Å². The summed E-state index contributed by atoms with van der Waals surface area (Å²) < 4.78 is 0. The highest BCUT2D eigenvalue weighted by atomic mass is 15.1. The van der Waals surface area contributed by atoms with Gasteiger partial charge in [0.1, 0.15) is 0 Å². The molecule has 0 aliphatic rings. The number of hydrogen-bond donors (Lipinski definition) is 0. The van der Waals surface area contributed by atoms with Crippen molar-refractivity contribution in [3.05, 3.63) is 103 Å². The molecule has 1 nitrogen and oxygen atoms in total. The Morgan fingerprint density at radius 1 is 0.577 bits per heavy atom. The van der Waals surface area contributed by atoms with Gasteiger partial charge in [0, 0.05) is 16.8 Å². The van der Waals surface area contributed by atoms with Crippen molar-refractivity contribution in [1.29, 1.82) is 0 Å². The Balaban J connectivity index is 1.91. The predicted molar refractivity (Wildman–Crippen MR) is 113 cm³/mol. The summed E-state index contributed by atoms with van der Waals surface area (Å²) in [5, 5.41) is 2.51. The fraction of sp³-hybridized carbons (Fsp3) is 0.120. The van der Waals surface area contributed by atoms with Gasteiger partial charge in [0.15, 0.2) is 0 Å². The second-order valence-electron chi connectivity index (χ2n) is 6.92. The molecular weight excluding hydrogens is 314 g/mol. The van der Waals surface area contributed by atoms with E-state index in [1.165, 1.54) is 33.4 Å². The summed E-state index contributed by atoms with van der Waals surface area (Å²) in [5.41, 5.74) is 4.91. The topological polar surface area (TPSA) is 3.24 Å². The first-order chi connectivity index (χ1) is 12.7. The van der Waals surface area contributed by atoms with E-state index in [2.05, 4.69) is 116 Å². The lowest BCUT2D eigenvalue weighted by Crippen LogP contribution is -2.10. The third-order valence-electron chi connectivity index (χ3n) is 4.84. The zero-order valence-electron chi connectivity index (χ0n) is 15.3. The van der Waals surface area contributed by atoms with Crippen LogP contribution in [0.5, 0.6) is 0 Å². The zero-order chi connectivity index (χ0) is 17.9. The van der Waals surface area contributed by atoms with Gasteiger partial charge in [-0.2, -0.15) is 0 Å². The molecule has 0 aliphatic carbocycles. The van der Waals surface area contributed by atoms with Gasteiger partial charge in [-0.15, -0.1) is 0 Å². The van der Waals surface area contributed by atoms with Crippen LogP contribution in [0.15, 0.2) is 97.1 Å². The van der Waals surface area contributed by atoms with Gasteiger partial charge in [-0.05, 0) is 47.2 Å². The van der Waals surface area contributed by atoms with Crippen molar-refractivity contribution >= 4 is 27.8 Å². The monoisotopic (exact) mass is 337 g/mol. The predicted octanol–water partition coefficient (Wildman–Crippen LogP) is 7.43. The second-order valence-corrected chi connectivity index (χ2v) is 6.92. The van der Waals surface area contributed by atoms with E-state index >= 15 is 0 Å². The molecule has 0 spiro atoms. The molecule has 0 unspecified atom stereocenters. The molecule has 0 saturated heterocycles. The smallest absolute Gasteiger partial charge is 0.0540 e. The molecule has 0 atom stereocenters. The average molecular weight is 337 g/mol. The molecule has 0 bridgehead atoms. The highest BCUT2D eigenvalue weighted by Gasteiger charge is 2.14. The molecule has 4 aromatic carbocycles. The molecule has 0 radical (unpaired) electrons. The van der Waals surface area contributed by atoms with E-state index in [4.69, 9.17) is 0 Å². The average Bonchev–Trinajstić information content (AvgIpc) is 2.70. The Bertz CT molecular complexity index is 996. The van der Waals surface area contributed by atoms with Gasteiger partial charge in [-0.1, -0.05) is 80.6 Å². The third kappa shape index (κ3) is 3.09. The summed E-state index contributed by atoms with van der Waals surface area (Å²) in [7, 11) is 0. The van der Waals surface area contributed by atoms with Gasteiger partial charge in [0.25, 0.3) is 0 Å². The number of fused-ring (bicyclic) bond motifs is 1. The van der Waals surface area contributed by atoms with Crippen LogP contribution in [-0.4, -0.2) is 0 Å². The van der Waals surface area contributed by atoms with Crippen LogP contribution in [0.4, 0.5) is 17.1 Å². The van der Waals surface area contributed by atoms with E-state index in [0.717, 1.165) is 0 Å². The number of para-hydroxylation sites is 1. The number of anilines is 3. The van der Waals surface area contributed by atoms with Crippen molar-refractivity contribution in [2.45, 2.75) is 19.8 Å². The van der Waals surface area contributed by atoms with Crippen LogP contribution >= 0.6 is 0 Å². The molecule has 0 N–H and O–H groups in total. The van der Waals surface area contributed by atoms with E-state index in [0.29, 0.717) is 5.92 Å². The van der Waals surface area contributed by atoms with Gasteiger partial charge in [-0.3, -0.25) is 0 Å². The zero-order valence-corrected chi connectivity index (χ0v) is 15.3. The lowest BCUT2D eigenvalue weighted by Gasteiger charge is -2.27. The first-order valence-corrected chi connectivity index (χ1v) is 9.17. The minimum Gasteiger partial charge on any atom is -0.310 e. The molecule has 4 rings (SSSR count). The Morgan fingerprint density at radius 2 is 1.19 bits per heavy atom. The first-order valence-electron chi connectivity index (χ1n) is 9.17. The molecule has 1 heteroatoms. The SMILES string of the molecule is CC(C)c1ccc(N(c2ccccc2)c2cccc3ccccc23)cc1. The standard InChI is InChI=1S/C25H23N/c1-19(2)20-15-17-23(18-16-20)26(22-11-4-3-5-12-22)25-14-8-10-21-9-6-7-13-24(21)25/h3-19H,1-2H3. The molecule has 0 saturated carbocycles. The van der Waals surface area contributed by atoms with E-state index in [1.807, 2.05) is 0 Å². The quantitative estimate of drug-likeness (QED) is 0.374. The first kappa shape index (κ1) is 16.4. The van der Waals surface area contributed by atoms with Gasteiger partial charge in [0.05, 0.1) is 5.69 Å². The van der Waals surface area contributed by atoms with E-state index in [-0.39, 0.29) is 0 Å². The number of benzene rings is 4. The second kappa shape index (κ2) is 7.05. The number of nitrogens with zero attached hydrogens (tertiary/aromatic N) is 1. The van der Waals surface area contributed by atoms with Crippen LogP contribution in [0, 0.1) is 0 Å². The lowest BCUT2D eigenvalue weighted by molar-refractivity contribution is 0.866. The molecule has 0 amide bonds. The van der Waals surface area contributed by atoms with Crippen LogP contribution in [0.2, 0.25) is 0 Å². The van der Waals surface area contributed by atoms with Gasteiger partial charge in [0.2, 0.25) is 0 Å². The van der Waals surface area contributed by atoms with Crippen molar-refractivity contribution in [2.75, 3.05) is 4.90 Å². The van der Waals surface area contributed by atoms with Crippen LogP contribution in [-0.2, 0) is 0 Å². The van der Waals surface area contributed by atoms with Crippen molar-refractivity contribution in [2.24, 2.45) is 0 Å². The normalized spacial score (nSPS) is 11.0. The van der Waals surface area contributed by atoms with Crippen LogP contribution in [0.1, 0.15) is 25.3 Å². The van der Waals surface area contributed by atoms with Crippen LogP contribution in [0.3, 0.4) is 0 Å². The number of hydrogen-bond acceptors (Lipinski definition) is 1. The highest BCUT2D eigenvalue weighted by Crippen LogP contribution is 2.38. The third-order valence-corrected chi connectivity index (χ3v) is 4.84. The van der Waals surface area contributed by atoms with Crippen LogP contribution in [0.25, 0.3) is 10.8 Å². The maximum absolute atomic E-state index is 2.34. The largest absolute Gasteiger partial charge is 0.310 e. The fourth-order valence-corrected chi connectivity index (χ4v) is 3.42. The van der Waals surface area contributed by atoms with Gasteiger partial charge < -0.3 is 4.90 Å². The van der Waals surface area contributed by atoms with Gasteiger partial charge in [-0.25, -0.2) is 0 Å². The van der Waals surface area contributed by atoms with Crippen molar-refractivity contribution < 1.29 is 0 Å². The summed E-state index contributed by atoms with van der Waals surface area (Å²) >= 11 is 0. The maximum atomic E-state index is 2.34. The molecule has 26 heavy (non-hydrogen) atoms. The fourth-order valence-electron chi connectivity index (χ4n) is 3.42. The molecule has 0 fully saturated rings. The summed E-state index contributed by atoms with van der Waals surface area (Å²) in [5.74, 6) is 0.534. The van der Waals surface area contributed by atoms with E-state index < -0.39 is 0 Å². The van der Waals surface area contributed by atoms with Crippen molar-refractivity contribution in [1.82, 2.24) is 0 Å². The highest BCUT2D eigenvalue weighted by molar-refractivity contribution is 5.98. The minimum atomic E-state index is 0.534. The maximum Gasteiger partial charge on any atom is 0.0540 e. The summed E-state index contributed by atoms with van der Waals surface area (Å²) in [6.45, 7) is 4.46.